The smallest absolute Gasteiger partial charge is 0.339 e. The molecule has 14 heavy (non-hydrogen) atoms. The van der Waals surface area contributed by atoms with Crippen LogP contribution < -0.4 is 10.4 Å². The summed E-state index contributed by atoms with van der Waals surface area (Å²) in [6.45, 7) is -0.550. The summed E-state index contributed by atoms with van der Waals surface area (Å²) in [5.74, 6) is -1.39. The van der Waals surface area contributed by atoms with Crippen LogP contribution in [0.3, 0.4) is 0 Å². The van der Waals surface area contributed by atoms with E-state index in [-0.39, 0.29) is 0 Å². The van der Waals surface area contributed by atoms with Crippen molar-refractivity contribution in [3.63, 3.8) is 0 Å². The van der Waals surface area contributed by atoms with E-state index in [2.05, 4.69) is 18.8 Å². The monoisotopic (exact) mass is 245 g/mol. The van der Waals surface area contributed by atoms with Crippen molar-refractivity contribution in [2.24, 2.45) is 0 Å². The number of aliphatic carboxylic acids is 1. The number of carbonyl (C=O) groups excluding carboxylic acids is 1. The molecule has 0 bridgehead atoms. The topological polar surface area (TPSA) is 110 Å². The highest BCUT2D eigenvalue weighted by atomic mass is 32.2. The molecule has 0 aliphatic carbocycles. The van der Waals surface area contributed by atoms with Crippen molar-refractivity contribution in [1.29, 1.82) is 0 Å². The van der Waals surface area contributed by atoms with Gasteiger partial charge < -0.3 is 25.0 Å². The zero-order valence-electron chi connectivity index (χ0n) is 8.39. The molecule has 0 aliphatic heterocycles. The van der Waals surface area contributed by atoms with Crippen LogP contribution >= 0.6 is 7.60 Å². The Hall–Kier alpha value is -0.0700. The van der Waals surface area contributed by atoms with Crippen LogP contribution in [0.1, 0.15) is 0 Å². The number of carboxylic acid groups (broad SMARTS) is 1. The number of nitrogens with one attached hydrogen (secondary N) is 1. The summed E-state index contributed by atoms with van der Waals surface area (Å²) < 4.78 is 10.0. The minimum absolute atomic E-state index is 0.550. The molecular formula is C6H16NO5PS. The third-order valence-corrected chi connectivity index (χ3v) is 1.22. The fourth-order valence-electron chi connectivity index (χ4n) is 0.304. The van der Waals surface area contributed by atoms with Crippen molar-refractivity contribution < 1.29 is 24.3 Å². The van der Waals surface area contributed by atoms with E-state index in [0.717, 1.165) is 0 Å². The molecular weight excluding hydrogens is 229 g/mol. The fourth-order valence-corrected chi connectivity index (χ4v) is 0.707. The lowest BCUT2D eigenvalue weighted by Gasteiger charge is -2.05. The summed E-state index contributed by atoms with van der Waals surface area (Å²) in [5.41, 5.74) is 0. The summed E-state index contributed by atoms with van der Waals surface area (Å²) in [6, 6.07) is 0. The zero-order valence-corrected chi connectivity index (χ0v) is 10.1. The van der Waals surface area contributed by atoms with Crippen molar-refractivity contribution in [3.05, 3.63) is 0 Å². The van der Waals surface area contributed by atoms with Gasteiger partial charge in [0.15, 0.2) is 0 Å². The molecule has 0 fully saturated rings. The van der Waals surface area contributed by atoms with Gasteiger partial charge in [0.05, 0.1) is 31.0 Å². The van der Waals surface area contributed by atoms with Gasteiger partial charge in [-0.05, 0) is 10.9 Å². The molecule has 0 aromatic carbocycles. The van der Waals surface area contributed by atoms with Gasteiger partial charge in [-0.2, -0.15) is 0 Å². The maximum Gasteiger partial charge on any atom is 0.339 e. The second-order valence-electron chi connectivity index (χ2n) is 2.85. The summed E-state index contributed by atoms with van der Waals surface area (Å²) in [7, 11) is -3.49. The van der Waals surface area contributed by atoms with Gasteiger partial charge in [0.1, 0.15) is 0 Å². The van der Waals surface area contributed by atoms with E-state index in [1.807, 2.05) is 5.32 Å². The van der Waals surface area contributed by atoms with Crippen LogP contribution in [-0.4, -0.2) is 47.4 Å². The van der Waals surface area contributed by atoms with Crippen LogP contribution in [0, 0.1) is 0 Å². The van der Waals surface area contributed by atoms with Crippen molar-refractivity contribution in [2.45, 2.75) is 0 Å². The molecule has 0 radical (unpaired) electrons. The van der Waals surface area contributed by atoms with Crippen LogP contribution in [-0.2, 0) is 20.3 Å². The quantitative estimate of drug-likeness (QED) is 0.388. The second kappa shape index (κ2) is 8.26. The first-order valence-corrected chi connectivity index (χ1v) is 7.84. The van der Waals surface area contributed by atoms with E-state index in [4.69, 9.17) is 9.79 Å². The molecule has 0 unspecified atom stereocenters. The molecule has 0 rings (SSSR count). The van der Waals surface area contributed by atoms with Gasteiger partial charge in [-0.25, -0.2) is 0 Å². The van der Waals surface area contributed by atoms with Crippen molar-refractivity contribution in [2.75, 3.05) is 31.6 Å². The van der Waals surface area contributed by atoms with Crippen LogP contribution in [0.2, 0.25) is 0 Å². The Morgan fingerprint density at radius 1 is 1.43 bits per heavy atom. The lowest BCUT2D eigenvalue weighted by atomic mass is 10.7. The predicted octanol–water partition coefficient (Wildman–Crippen LogP) is -2.04. The highest BCUT2D eigenvalue weighted by Gasteiger charge is 2.10. The minimum Gasteiger partial charge on any atom is -0.549 e. The van der Waals surface area contributed by atoms with E-state index < -0.39 is 26.4 Å². The summed E-state index contributed by atoms with van der Waals surface area (Å²) in [4.78, 5) is 26.0. The van der Waals surface area contributed by atoms with Gasteiger partial charge in [-0.3, -0.25) is 4.57 Å². The van der Waals surface area contributed by atoms with Crippen molar-refractivity contribution in [3.8, 4) is 0 Å². The van der Waals surface area contributed by atoms with Gasteiger partial charge in [0.2, 0.25) is 0 Å². The molecule has 0 aromatic rings. The summed E-state index contributed by atoms with van der Waals surface area (Å²) in [6.07, 6.45) is 5.95. The Morgan fingerprint density at radius 2 is 1.79 bits per heavy atom. The van der Waals surface area contributed by atoms with E-state index in [1.54, 1.807) is 0 Å². The van der Waals surface area contributed by atoms with Gasteiger partial charge in [-0.1, -0.05) is 0 Å². The number of carboxylic acids is 1. The fraction of sp³-hybridized carbons (Fsp3) is 0.833. The van der Waals surface area contributed by atoms with E-state index in [0.29, 0.717) is 10.9 Å². The SMILES string of the molecule is C[S+](C)C.O=C([O-])CNCP(=O)(O)O. The number of hydrogen-bond acceptors (Lipinski definition) is 4. The average Bonchev–Trinajstić information content (AvgIpc) is 1.80. The molecule has 0 spiro atoms. The van der Waals surface area contributed by atoms with Crippen LogP contribution in [0.5, 0.6) is 0 Å². The van der Waals surface area contributed by atoms with Gasteiger partial charge in [0, 0.05) is 6.54 Å². The third-order valence-electron chi connectivity index (χ3n) is 0.587. The zero-order chi connectivity index (χ0) is 11.8. The van der Waals surface area contributed by atoms with Crippen LogP contribution in [0.25, 0.3) is 0 Å². The van der Waals surface area contributed by atoms with E-state index in [9.17, 15) is 14.5 Å². The highest BCUT2D eigenvalue weighted by molar-refractivity contribution is 7.94. The minimum atomic E-state index is -4.12. The molecule has 8 heteroatoms. The molecule has 0 saturated carbocycles. The Morgan fingerprint density at radius 3 is 2.00 bits per heavy atom. The molecule has 0 atom stereocenters. The summed E-state index contributed by atoms with van der Waals surface area (Å²) >= 11 is 0. The number of hydrogen-bond donors (Lipinski definition) is 3. The van der Waals surface area contributed by atoms with Crippen LogP contribution in [0.4, 0.5) is 0 Å². The summed E-state index contributed by atoms with van der Waals surface area (Å²) in [5, 5.41) is 11.7. The molecule has 0 aliphatic rings. The van der Waals surface area contributed by atoms with Crippen molar-refractivity contribution in [1.82, 2.24) is 5.32 Å². The lowest BCUT2D eigenvalue weighted by Crippen LogP contribution is -2.34. The first-order chi connectivity index (χ1) is 6.15. The van der Waals surface area contributed by atoms with Crippen LogP contribution in [0.15, 0.2) is 0 Å². The molecule has 6 nitrogen and oxygen atoms in total. The Balaban J connectivity index is 0. The first kappa shape index (κ1) is 16.4. The van der Waals surface area contributed by atoms with Gasteiger partial charge >= 0.3 is 7.60 Å². The largest absolute Gasteiger partial charge is 0.549 e. The Bertz CT molecular complexity index is 202. The normalized spacial score (nSPS) is 10.7. The molecule has 0 aromatic heterocycles. The Kier molecular flexibility index (Phi) is 9.65. The Labute approximate surface area is 86.2 Å². The van der Waals surface area contributed by atoms with E-state index in [1.165, 1.54) is 0 Å². The molecule has 86 valence electrons. The first-order valence-electron chi connectivity index (χ1n) is 3.59. The molecule has 0 saturated heterocycles. The lowest BCUT2D eigenvalue weighted by molar-refractivity contribution is -0.303. The van der Waals surface area contributed by atoms with Gasteiger partial charge in [-0.15, -0.1) is 0 Å². The standard InChI is InChI=1S/C3H8NO5P.C3H9S/c5-3(6)1-4-2-10(7,8)9;1-4(2)3/h4H,1-2H2,(H,5,6)(H2,7,8,9);1-3H3/q;+1/p-1. The molecule has 0 heterocycles. The maximum absolute atomic E-state index is 10.0. The predicted molar refractivity (Wildman–Crippen MR) is 55.1 cm³/mol. The van der Waals surface area contributed by atoms with Gasteiger partial charge in [0.25, 0.3) is 0 Å². The van der Waals surface area contributed by atoms with Crippen molar-refractivity contribution >= 4 is 24.5 Å². The van der Waals surface area contributed by atoms with E-state index >= 15 is 0 Å². The highest BCUT2D eigenvalue weighted by Crippen LogP contribution is 2.31. The molecule has 3 N–H and O–H groups in total. The average molecular weight is 245 g/mol. The maximum atomic E-state index is 10.0. The second-order valence-corrected chi connectivity index (χ2v) is 6.94. The number of rotatable bonds is 4. The third kappa shape index (κ3) is 29.7. The number of carbonyl (C=O) groups is 1. The molecule has 0 amide bonds.